The van der Waals surface area contributed by atoms with Gasteiger partial charge in [0.15, 0.2) is 5.69 Å². The third-order valence-electron chi connectivity index (χ3n) is 2.00. The van der Waals surface area contributed by atoms with Crippen molar-refractivity contribution < 1.29 is 0 Å². The average molecular weight is 159 g/mol. The molecule has 0 atom stereocenters. The molecule has 1 rings (SSSR count). The van der Waals surface area contributed by atoms with Gasteiger partial charge in [0.25, 0.3) is 0 Å². The van der Waals surface area contributed by atoms with Crippen molar-refractivity contribution in [1.82, 2.24) is 0 Å². The monoisotopic (exact) mass is 159 g/mol. The Hall–Kier alpha value is -1.29. The molecule has 0 bridgehead atoms. The minimum Gasteiger partial charge on any atom is -0.238 e. The van der Waals surface area contributed by atoms with E-state index < -0.39 is 0 Å². The molecule has 0 saturated carbocycles. The molecule has 0 aliphatic rings. The van der Waals surface area contributed by atoms with Crippen LogP contribution in [0.3, 0.4) is 0 Å². The largest absolute Gasteiger partial charge is 0.238 e. The number of hydrogen-bond acceptors (Lipinski definition) is 0. The van der Waals surface area contributed by atoms with Crippen molar-refractivity contribution in [1.29, 1.82) is 0 Å². The van der Waals surface area contributed by atoms with E-state index in [1.807, 2.05) is 12.1 Å². The normalized spacial score (nSPS) is 9.92. The second kappa shape index (κ2) is 3.40. The Morgan fingerprint density at radius 3 is 2.42 bits per heavy atom. The summed E-state index contributed by atoms with van der Waals surface area (Å²) in [5.74, 6) is 0.440. The third kappa shape index (κ3) is 1.48. The Bertz CT molecular complexity index is 318. The van der Waals surface area contributed by atoms with Crippen LogP contribution in [0.2, 0.25) is 0 Å². The van der Waals surface area contributed by atoms with E-state index in [9.17, 15) is 0 Å². The highest BCUT2D eigenvalue weighted by Crippen LogP contribution is 2.29. The molecule has 0 aromatic heterocycles. The number of benzene rings is 1. The maximum Gasteiger partial charge on any atom is 0.190 e. The summed E-state index contributed by atoms with van der Waals surface area (Å²) >= 11 is 0. The Morgan fingerprint density at radius 2 is 2.00 bits per heavy atom. The van der Waals surface area contributed by atoms with Crippen LogP contribution in [0.1, 0.15) is 30.9 Å². The summed E-state index contributed by atoms with van der Waals surface area (Å²) < 4.78 is 0. The maximum absolute atomic E-state index is 7.00. The van der Waals surface area contributed by atoms with Crippen LogP contribution < -0.4 is 0 Å². The summed E-state index contributed by atoms with van der Waals surface area (Å²) in [4.78, 5) is 3.50. The first kappa shape index (κ1) is 8.80. The van der Waals surface area contributed by atoms with Gasteiger partial charge in [0.1, 0.15) is 0 Å². The minimum absolute atomic E-state index is 0.440. The van der Waals surface area contributed by atoms with Crippen molar-refractivity contribution in [3.63, 3.8) is 0 Å². The van der Waals surface area contributed by atoms with E-state index in [0.717, 1.165) is 5.69 Å². The second-order valence-electron chi connectivity index (χ2n) is 3.27. The van der Waals surface area contributed by atoms with Crippen molar-refractivity contribution in [2.24, 2.45) is 0 Å². The second-order valence-corrected chi connectivity index (χ2v) is 3.27. The smallest absolute Gasteiger partial charge is 0.190 e. The first-order valence-corrected chi connectivity index (χ1v) is 4.13. The molecule has 1 nitrogen and oxygen atoms in total. The fraction of sp³-hybridized carbons (Fsp3) is 0.364. The molecule has 0 spiro atoms. The van der Waals surface area contributed by atoms with E-state index >= 15 is 0 Å². The van der Waals surface area contributed by atoms with Gasteiger partial charge in [-0.2, -0.15) is 0 Å². The van der Waals surface area contributed by atoms with Crippen molar-refractivity contribution in [2.75, 3.05) is 0 Å². The molecular weight excluding hydrogens is 146 g/mol. The summed E-state index contributed by atoms with van der Waals surface area (Å²) in [6.07, 6.45) is 0. The number of nitrogens with zero attached hydrogens (tertiary/aromatic N) is 1. The predicted octanol–water partition coefficient (Wildman–Crippen LogP) is 3.67. The molecule has 0 aliphatic carbocycles. The molecule has 62 valence electrons. The Balaban J connectivity index is 3.32. The van der Waals surface area contributed by atoms with Gasteiger partial charge in [-0.05, 0) is 18.4 Å². The van der Waals surface area contributed by atoms with Crippen molar-refractivity contribution in [3.05, 3.63) is 40.7 Å². The summed E-state index contributed by atoms with van der Waals surface area (Å²) in [5, 5.41) is 0. The van der Waals surface area contributed by atoms with E-state index in [0.29, 0.717) is 5.92 Å². The van der Waals surface area contributed by atoms with Gasteiger partial charge >= 0.3 is 0 Å². The topological polar surface area (TPSA) is 4.36 Å². The number of aryl methyl sites for hydroxylation is 1. The highest BCUT2D eigenvalue weighted by Gasteiger charge is 2.07. The summed E-state index contributed by atoms with van der Waals surface area (Å²) in [5.41, 5.74) is 3.20. The number of hydrogen-bond donors (Lipinski definition) is 0. The average Bonchev–Trinajstić information content (AvgIpc) is 2.03. The van der Waals surface area contributed by atoms with Gasteiger partial charge in [-0.25, -0.2) is 4.85 Å². The Morgan fingerprint density at radius 1 is 1.33 bits per heavy atom. The molecule has 0 amide bonds. The zero-order valence-corrected chi connectivity index (χ0v) is 7.76. The highest BCUT2D eigenvalue weighted by molar-refractivity contribution is 5.56. The standard InChI is InChI=1S/C11H13N/c1-8(2)11-9(3)6-5-7-10(11)12-4/h5-8H,1-3H3. The molecule has 1 aromatic rings. The maximum atomic E-state index is 7.00. The van der Waals surface area contributed by atoms with E-state index in [4.69, 9.17) is 6.57 Å². The summed E-state index contributed by atoms with van der Waals surface area (Å²) in [6.45, 7) is 13.3. The first-order chi connectivity index (χ1) is 5.66. The molecule has 0 N–H and O–H groups in total. The van der Waals surface area contributed by atoms with Crippen molar-refractivity contribution in [3.8, 4) is 0 Å². The van der Waals surface area contributed by atoms with Gasteiger partial charge < -0.3 is 0 Å². The molecule has 0 unspecified atom stereocenters. The fourth-order valence-corrected chi connectivity index (χ4v) is 1.51. The summed E-state index contributed by atoms with van der Waals surface area (Å²) in [7, 11) is 0. The van der Waals surface area contributed by atoms with Gasteiger partial charge in [0.05, 0.1) is 6.57 Å². The quantitative estimate of drug-likeness (QED) is 0.551. The fourth-order valence-electron chi connectivity index (χ4n) is 1.51. The molecule has 0 radical (unpaired) electrons. The highest BCUT2D eigenvalue weighted by atomic mass is 14.6. The molecule has 1 heteroatoms. The van der Waals surface area contributed by atoms with Crippen LogP contribution in [-0.4, -0.2) is 0 Å². The lowest BCUT2D eigenvalue weighted by Gasteiger charge is -2.10. The van der Waals surface area contributed by atoms with Crippen molar-refractivity contribution in [2.45, 2.75) is 26.7 Å². The zero-order valence-electron chi connectivity index (χ0n) is 7.76. The van der Waals surface area contributed by atoms with Crippen LogP contribution >= 0.6 is 0 Å². The molecule has 0 aliphatic heterocycles. The first-order valence-electron chi connectivity index (χ1n) is 4.13. The van der Waals surface area contributed by atoms with Gasteiger partial charge in [0, 0.05) is 0 Å². The lowest BCUT2D eigenvalue weighted by atomic mass is 9.96. The van der Waals surface area contributed by atoms with E-state index in [1.165, 1.54) is 11.1 Å². The lowest BCUT2D eigenvalue weighted by molar-refractivity contribution is 0.861. The number of rotatable bonds is 1. The molecule has 0 heterocycles. The van der Waals surface area contributed by atoms with E-state index in [-0.39, 0.29) is 0 Å². The zero-order chi connectivity index (χ0) is 9.14. The van der Waals surface area contributed by atoms with Crippen LogP contribution in [-0.2, 0) is 0 Å². The van der Waals surface area contributed by atoms with Crippen molar-refractivity contribution >= 4 is 5.69 Å². The van der Waals surface area contributed by atoms with Crippen LogP contribution in [0.5, 0.6) is 0 Å². The van der Waals surface area contributed by atoms with Gasteiger partial charge in [-0.1, -0.05) is 37.6 Å². The van der Waals surface area contributed by atoms with Crippen LogP contribution in [0.15, 0.2) is 18.2 Å². The lowest BCUT2D eigenvalue weighted by Crippen LogP contribution is -1.91. The molecule has 12 heavy (non-hydrogen) atoms. The van der Waals surface area contributed by atoms with Gasteiger partial charge in [-0.15, -0.1) is 0 Å². The predicted molar refractivity (Wildman–Crippen MR) is 51.5 cm³/mol. The molecule has 0 saturated heterocycles. The van der Waals surface area contributed by atoms with Gasteiger partial charge in [-0.3, -0.25) is 0 Å². The summed E-state index contributed by atoms with van der Waals surface area (Å²) in [6, 6.07) is 5.88. The SMILES string of the molecule is [C-]#[N+]c1cccc(C)c1C(C)C. The van der Waals surface area contributed by atoms with Crippen LogP contribution in [0.4, 0.5) is 5.69 Å². The Kier molecular flexibility index (Phi) is 2.50. The van der Waals surface area contributed by atoms with Gasteiger partial charge in [0.2, 0.25) is 0 Å². The molecular formula is C11H13N. The molecule has 0 fully saturated rings. The Labute approximate surface area is 73.9 Å². The van der Waals surface area contributed by atoms with Crippen LogP contribution in [0, 0.1) is 13.5 Å². The van der Waals surface area contributed by atoms with Crippen LogP contribution in [0.25, 0.3) is 4.85 Å². The van der Waals surface area contributed by atoms with E-state index in [2.05, 4.69) is 31.7 Å². The molecule has 1 aromatic carbocycles. The minimum atomic E-state index is 0.440. The van der Waals surface area contributed by atoms with E-state index in [1.54, 1.807) is 0 Å². The third-order valence-corrected chi connectivity index (χ3v) is 2.00.